The van der Waals surface area contributed by atoms with Crippen LogP contribution in [0.25, 0.3) is 0 Å². The Hall–Kier alpha value is -2.07. The molecule has 0 fully saturated rings. The molecule has 0 aromatic heterocycles. The first-order chi connectivity index (χ1) is 8.97. The number of halogens is 2. The average Bonchev–Trinajstić information content (AvgIpc) is 2.36. The number of nitrogens with one attached hydrogen (secondary N) is 1. The molecule has 19 heavy (non-hydrogen) atoms. The van der Waals surface area contributed by atoms with Crippen molar-refractivity contribution in [3.05, 3.63) is 58.4 Å². The Labute approximate surface area is 115 Å². The van der Waals surface area contributed by atoms with Gasteiger partial charge in [0.05, 0.1) is 5.69 Å². The van der Waals surface area contributed by atoms with Crippen LogP contribution in [0.2, 0.25) is 5.02 Å². The van der Waals surface area contributed by atoms with E-state index in [-0.39, 0.29) is 5.69 Å². The zero-order valence-corrected chi connectivity index (χ0v) is 11.0. The summed E-state index contributed by atoms with van der Waals surface area (Å²) in [5.41, 5.74) is 7.05. The maximum absolute atomic E-state index is 13.5. The van der Waals surface area contributed by atoms with Gasteiger partial charge in [0.1, 0.15) is 5.82 Å². The van der Waals surface area contributed by atoms with Crippen LogP contribution < -0.4 is 11.1 Å². The van der Waals surface area contributed by atoms with Crippen LogP contribution >= 0.6 is 11.6 Å². The second-order valence-corrected chi connectivity index (χ2v) is 4.56. The first kappa shape index (κ1) is 13.4. The maximum Gasteiger partial charge on any atom is 0.255 e. The second kappa shape index (κ2) is 5.28. The smallest absolute Gasteiger partial charge is 0.255 e. The fourth-order valence-electron chi connectivity index (χ4n) is 1.56. The van der Waals surface area contributed by atoms with Gasteiger partial charge in [0.25, 0.3) is 5.91 Å². The molecule has 0 aliphatic rings. The number of carbonyl (C=O) groups is 1. The van der Waals surface area contributed by atoms with Crippen LogP contribution in [-0.2, 0) is 0 Å². The SMILES string of the molecule is Cc1ccc(C(=O)Nc2ccc(N)cc2F)cc1Cl. The summed E-state index contributed by atoms with van der Waals surface area (Å²) >= 11 is 5.94. The molecular weight excluding hydrogens is 267 g/mol. The van der Waals surface area contributed by atoms with Crippen molar-refractivity contribution in [2.75, 3.05) is 11.1 Å². The van der Waals surface area contributed by atoms with E-state index in [1.54, 1.807) is 18.2 Å². The molecule has 0 aliphatic heterocycles. The van der Waals surface area contributed by atoms with Gasteiger partial charge in [-0.3, -0.25) is 4.79 Å². The summed E-state index contributed by atoms with van der Waals surface area (Å²) in [4.78, 5) is 11.9. The molecule has 0 radical (unpaired) electrons. The van der Waals surface area contributed by atoms with Crippen LogP contribution in [-0.4, -0.2) is 5.91 Å². The van der Waals surface area contributed by atoms with Gasteiger partial charge in [-0.15, -0.1) is 0 Å². The van der Waals surface area contributed by atoms with E-state index in [4.69, 9.17) is 17.3 Å². The third-order valence-corrected chi connectivity index (χ3v) is 3.08. The highest BCUT2D eigenvalue weighted by Gasteiger charge is 2.10. The van der Waals surface area contributed by atoms with Crippen LogP contribution in [0.4, 0.5) is 15.8 Å². The van der Waals surface area contributed by atoms with E-state index in [1.165, 1.54) is 12.1 Å². The zero-order chi connectivity index (χ0) is 14.0. The van der Waals surface area contributed by atoms with Crippen molar-refractivity contribution in [1.82, 2.24) is 0 Å². The molecule has 0 saturated heterocycles. The van der Waals surface area contributed by atoms with Crippen molar-refractivity contribution in [1.29, 1.82) is 0 Å². The standard InChI is InChI=1S/C14H12ClFN2O/c1-8-2-3-9(6-11(8)15)14(19)18-13-5-4-10(17)7-12(13)16/h2-7H,17H2,1H3,(H,18,19). The van der Waals surface area contributed by atoms with Crippen LogP contribution in [0.3, 0.4) is 0 Å². The minimum atomic E-state index is -0.577. The number of amides is 1. The lowest BCUT2D eigenvalue weighted by molar-refractivity contribution is 0.102. The van der Waals surface area contributed by atoms with Gasteiger partial charge in [0.2, 0.25) is 0 Å². The highest BCUT2D eigenvalue weighted by molar-refractivity contribution is 6.31. The van der Waals surface area contributed by atoms with Crippen molar-refractivity contribution in [2.24, 2.45) is 0 Å². The topological polar surface area (TPSA) is 55.1 Å². The highest BCUT2D eigenvalue weighted by atomic mass is 35.5. The molecule has 5 heteroatoms. The fourth-order valence-corrected chi connectivity index (χ4v) is 1.74. The van der Waals surface area contributed by atoms with Crippen LogP contribution in [0.5, 0.6) is 0 Å². The van der Waals surface area contributed by atoms with Crippen molar-refractivity contribution >= 4 is 28.9 Å². The average molecular weight is 279 g/mol. The van der Waals surface area contributed by atoms with E-state index in [1.807, 2.05) is 6.92 Å². The predicted octanol–water partition coefficient (Wildman–Crippen LogP) is 3.62. The van der Waals surface area contributed by atoms with Crippen molar-refractivity contribution in [2.45, 2.75) is 6.92 Å². The van der Waals surface area contributed by atoms with E-state index in [0.29, 0.717) is 16.3 Å². The number of nitrogens with two attached hydrogens (primary N) is 1. The zero-order valence-electron chi connectivity index (χ0n) is 10.2. The summed E-state index contributed by atoms with van der Waals surface area (Å²) in [5, 5.41) is 2.96. The lowest BCUT2D eigenvalue weighted by Gasteiger charge is -2.08. The molecule has 0 spiro atoms. The maximum atomic E-state index is 13.5. The molecule has 0 heterocycles. The monoisotopic (exact) mass is 278 g/mol. The number of hydrogen-bond donors (Lipinski definition) is 2. The molecule has 98 valence electrons. The van der Waals surface area contributed by atoms with Gasteiger partial charge < -0.3 is 11.1 Å². The number of anilines is 2. The number of carbonyl (C=O) groups excluding carboxylic acids is 1. The van der Waals surface area contributed by atoms with Crippen LogP contribution in [0, 0.1) is 12.7 Å². The third-order valence-electron chi connectivity index (χ3n) is 2.68. The molecule has 3 nitrogen and oxygen atoms in total. The van der Waals surface area contributed by atoms with Crippen molar-refractivity contribution in [3.63, 3.8) is 0 Å². The normalized spacial score (nSPS) is 10.3. The minimum absolute atomic E-state index is 0.0795. The molecule has 0 atom stereocenters. The van der Waals surface area contributed by atoms with Gasteiger partial charge in [-0.1, -0.05) is 17.7 Å². The Morgan fingerprint density at radius 2 is 2.00 bits per heavy atom. The number of benzene rings is 2. The summed E-state index contributed by atoms with van der Waals surface area (Å²) < 4.78 is 13.5. The Morgan fingerprint density at radius 3 is 2.63 bits per heavy atom. The minimum Gasteiger partial charge on any atom is -0.399 e. The van der Waals surface area contributed by atoms with E-state index in [0.717, 1.165) is 11.6 Å². The number of hydrogen-bond acceptors (Lipinski definition) is 2. The molecule has 2 aromatic carbocycles. The number of rotatable bonds is 2. The summed E-state index contributed by atoms with van der Waals surface area (Å²) in [5.74, 6) is -1.00. The number of aryl methyl sites for hydroxylation is 1. The van der Waals surface area contributed by atoms with Crippen molar-refractivity contribution < 1.29 is 9.18 Å². The molecule has 0 bridgehead atoms. The third kappa shape index (κ3) is 3.03. The number of nitrogen functional groups attached to an aromatic ring is 1. The van der Waals surface area contributed by atoms with Gasteiger partial charge in [-0.2, -0.15) is 0 Å². The first-order valence-electron chi connectivity index (χ1n) is 5.60. The van der Waals surface area contributed by atoms with Gasteiger partial charge in [-0.05, 0) is 42.8 Å². The molecule has 3 N–H and O–H groups in total. The lowest BCUT2D eigenvalue weighted by atomic mass is 10.1. The molecule has 0 unspecified atom stereocenters. The predicted molar refractivity (Wildman–Crippen MR) is 75.0 cm³/mol. The summed E-state index contributed by atoms with van der Waals surface area (Å²) in [7, 11) is 0. The fraction of sp³-hybridized carbons (Fsp3) is 0.0714. The van der Waals surface area contributed by atoms with Crippen LogP contribution in [0.15, 0.2) is 36.4 Å². The lowest BCUT2D eigenvalue weighted by Crippen LogP contribution is -2.13. The molecule has 2 aromatic rings. The van der Waals surface area contributed by atoms with Gasteiger partial charge in [0, 0.05) is 16.3 Å². The van der Waals surface area contributed by atoms with Crippen LogP contribution in [0.1, 0.15) is 15.9 Å². The molecule has 0 aliphatic carbocycles. The molecule has 2 rings (SSSR count). The van der Waals surface area contributed by atoms with E-state index >= 15 is 0 Å². The van der Waals surface area contributed by atoms with Crippen molar-refractivity contribution in [3.8, 4) is 0 Å². The first-order valence-corrected chi connectivity index (χ1v) is 5.97. The Bertz CT molecular complexity index is 643. The summed E-state index contributed by atoms with van der Waals surface area (Å²) in [6.45, 7) is 1.84. The quantitative estimate of drug-likeness (QED) is 0.824. The molecule has 0 saturated carbocycles. The summed E-state index contributed by atoms with van der Waals surface area (Å²) in [6, 6.07) is 8.99. The molecular formula is C14H12ClFN2O. The Balaban J connectivity index is 2.23. The van der Waals surface area contributed by atoms with Gasteiger partial charge >= 0.3 is 0 Å². The van der Waals surface area contributed by atoms with Gasteiger partial charge in [0.15, 0.2) is 0 Å². The largest absolute Gasteiger partial charge is 0.399 e. The molecule has 1 amide bonds. The Kier molecular flexibility index (Phi) is 3.71. The second-order valence-electron chi connectivity index (χ2n) is 4.16. The van der Waals surface area contributed by atoms with E-state index < -0.39 is 11.7 Å². The van der Waals surface area contributed by atoms with Gasteiger partial charge in [-0.25, -0.2) is 4.39 Å². The highest BCUT2D eigenvalue weighted by Crippen LogP contribution is 2.20. The van der Waals surface area contributed by atoms with E-state index in [9.17, 15) is 9.18 Å². The van der Waals surface area contributed by atoms with E-state index in [2.05, 4.69) is 5.32 Å². The Morgan fingerprint density at radius 1 is 1.26 bits per heavy atom. The summed E-state index contributed by atoms with van der Waals surface area (Å²) in [6.07, 6.45) is 0.